The molecule has 0 saturated heterocycles. The molecule has 1 aromatic heterocycles. The van der Waals surface area contributed by atoms with Crippen LogP contribution in [0.1, 0.15) is 44.2 Å². The lowest BCUT2D eigenvalue weighted by Crippen LogP contribution is -2.12. The maximum Gasteiger partial charge on any atom is 0.310 e. The zero-order valence-electron chi connectivity index (χ0n) is 9.80. The molecule has 0 radical (unpaired) electrons. The lowest BCUT2D eigenvalue weighted by molar-refractivity contribution is 0.474. The second-order valence-corrected chi connectivity index (χ2v) is 6.05. The molecule has 17 heavy (non-hydrogen) atoms. The monoisotopic (exact) mass is 256 g/mol. The van der Waals surface area contributed by atoms with Crippen LogP contribution < -0.4 is 4.18 Å². The van der Waals surface area contributed by atoms with Crippen LogP contribution in [0.2, 0.25) is 0 Å². The van der Waals surface area contributed by atoms with Crippen molar-refractivity contribution in [3.63, 3.8) is 0 Å². The van der Waals surface area contributed by atoms with E-state index in [0.717, 1.165) is 18.5 Å². The summed E-state index contributed by atoms with van der Waals surface area (Å²) in [5.74, 6) is 0.451. The Morgan fingerprint density at radius 2 is 2.00 bits per heavy atom. The standard InChI is InChI=1S/C11H16N2O3S/c1-2-17(14,15)16-11-8-12-10(7-13-11)9-5-3-4-6-9/h7-9H,2-6H2,1H3. The van der Waals surface area contributed by atoms with E-state index in [1.807, 2.05) is 0 Å². The summed E-state index contributed by atoms with van der Waals surface area (Å²) >= 11 is 0. The van der Waals surface area contributed by atoms with Crippen LogP contribution in [-0.2, 0) is 10.1 Å². The Labute approximate surface area is 101 Å². The van der Waals surface area contributed by atoms with Crippen LogP contribution in [0, 0.1) is 0 Å². The van der Waals surface area contributed by atoms with Crippen LogP contribution in [-0.4, -0.2) is 24.1 Å². The minimum atomic E-state index is -3.51. The molecule has 1 fully saturated rings. The summed E-state index contributed by atoms with van der Waals surface area (Å²) in [5, 5.41) is 0. The van der Waals surface area contributed by atoms with Crippen LogP contribution in [0.15, 0.2) is 12.4 Å². The quantitative estimate of drug-likeness (QED) is 0.769. The van der Waals surface area contributed by atoms with Crippen molar-refractivity contribution >= 4 is 10.1 Å². The Morgan fingerprint density at radius 3 is 2.53 bits per heavy atom. The molecule has 0 aliphatic heterocycles. The molecule has 0 N–H and O–H groups in total. The van der Waals surface area contributed by atoms with Crippen molar-refractivity contribution in [2.45, 2.75) is 38.5 Å². The van der Waals surface area contributed by atoms with Gasteiger partial charge in [-0.25, -0.2) is 4.98 Å². The van der Waals surface area contributed by atoms with Crippen molar-refractivity contribution in [3.8, 4) is 5.88 Å². The molecule has 0 bridgehead atoms. The highest BCUT2D eigenvalue weighted by Gasteiger charge is 2.19. The van der Waals surface area contributed by atoms with Crippen LogP contribution in [0.25, 0.3) is 0 Å². The average molecular weight is 256 g/mol. The summed E-state index contributed by atoms with van der Waals surface area (Å²) in [6, 6.07) is 0. The van der Waals surface area contributed by atoms with Crippen LogP contribution in [0.5, 0.6) is 5.88 Å². The fourth-order valence-electron chi connectivity index (χ4n) is 1.99. The van der Waals surface area contributed by atoms with Gasteiger partial charge in [-0.05, 0) is 19.8 Å². The second-order valence-electron chi connectivity index (χ2n) is 4.19. The third-order valence-electron chi connectivity index (χ3n) is 2.99. The van der Waals surface area contributed by atoms with Gasteiger partial charge in [-0.1, -0.05) is 12.8 Å². The van der Waals surface area contributed by atoms with E-state index in [2.05, 4.69) is 9.97 Å². The van der Waals surface area contributed by atoms with Gasteiger partial charge in [0, 0.05) is 5.92 Å². The molecule has 1 aliphatic rings. The molecular weight excluding hydrogens is 240 g/mol. The molecule has 0 atom stereocenters. The van der Waals surface area contributed by atoms with Crippen LogP contribution >= 0.6 is 0 Å². The highest BCUT2D eigenvalue weighted by molar-refractivity contribution is 7.87. The second kappa shape index (κ2) is 5.00. The van der Waals surface area contributed by atoms with Gasteiger partial charge in [0.2, 0.25) is 0 Å². The number of aromatic nitrogens is 2. The smallest absolute Gasteiger partial charge is 0.310 e. The molecule has 6 heteroatoms. The van der Waals surface area contributed by atoms with Gasteiger partial charge >= 0.3 is 10.1 Å². The number of hydrogen-bond acceptors (Lipinski definition) is 5. The molecular formula is C11H16N2O3S. The average Bonchev–Trinajstić information content (AvgIpc) is 2.83. The molecule has 1 heterocycles. The molecule has 1 aliphatic carbocycles. The van der Waals surface area contributed by atoms with Gasteiger partial charge in [-0.15, -0.1) is 0 Å². The van der Waals surface area contributed by atoms with Gasteiger partial charge < -0.3 is 4.18 Å². The minimum absolute atomic E-state index is 0.0496. The lowest BCUT2D eigenvalue weighted by Gasteiger charge is -2.08. The predicted octanol–water partition coefficient (Wildman–Crippen LogP) is 1.86. The van der Waals surface area contributed by atoms with E-state index in [0.29, 0.717) is 5.92 Å². The van der Waals surface area contributed by atoms with Gasteiger partial charge in [0.15, 0.2) is 0 Å². The summed E-state index contributed by atoms with van der Waals surface area (Å²) in [7, 11) is -3.51. The first-order chi connectivity index (χ1) is 8.11. The van der Waals surface area contributed by atoms with Crippen molar-refractivity contribution in [3.05, 3.63) is 18.1 Å². The van der Waals surface area contributed by atoms with Gasteiger partial charge in [0.1, 0.15) is 0 Å². The number of nitrogens with zero attached hydrogens (tertiary/aromatic N) is 2. The Bertz CT molecular complexity index is 464. The molecule has 1 aromatic rings. The molecule has 5 nitrogen and oxygen atoms in total. The maximum atomic E-state index is 11.2. The zero-order chi connectivity index (χ0) is 12.3. The van der Waals surface area contributed by atoms with E-state index in [1.54, 1.807) is 6.20 Å². The Kier molecular flexibility index (Phi) is 3.61. The Hall–Kier alpha value is -1.17. The van der Waals surface area contributed by atoms with E-state index >= 15 is 0 Å². The van der Waals surface area contributed by atoms with Gasteiger partial charge in [-0.3, -0.25) is 4.98 Å². The highest BCUT2D eigenvalue weighted by atomic mass is 32.2. The molecule has 2 rings (SSSR count). The third-order valence-corrected chi connectivity index (χ3v) is 4.12. The van der Waals surface area contributed by atoms with E-state index in [-0.39, 0.29) is 11.6 Å². The summed E-state index contributed by atoms with van der Waals surface area (Å²) in [4.78, 5) is 8.22. The maximum absolute atomic E-state index is 11.2. The molecule has 0 spiro atoms. The number of hydrogen-bond donors (Lipinski definition) is 0. The molecule has 1 saturated carbocycles. The van der Waals surface area contributed by atoms with E-state index < -0.39 is 10.1 Å². The SMILES string of the molecule is CCS(=O)(=O)Oc1cnc(C2CCCC2)cn1. The molecule has 0 amide bonds. The molecule has 0 unspecified atom stereocenters. The first-order valence-electron chi connectivity index (χ1n) is 5.85. The lowest BCUT2D eigenvalue weighted by atomic mass is 10.1. The third kappa shape index (κ3) is 3.15. The predicted molar refractivity (Wildman–Crippen MR) is 63.3 cm³/mol. The van der Waals surface area contributed by atoms with Crippen molar-refractivity contribution in [2.24, 2.45) is 0 Å². The molecule has 94 valence electrons. The first kappa shape index (κ1) is 12.3. The van der Waals surface area contributed by atoms with Crippen molar-refractivity contribution < 1.29 is 12.6 Å². The van der Waals surface area contributed by atoms with E-state index in [4.69, 9.17) is 4.18 Å². The summed E-state index contributed by atoms with van der Waals surface area (Å²) in [6.07, 6.45) is 7.76. The summed E-state index contributed by atoms with van der Waals surface area (Å²) in [6.45, 7) is 1.52. The first-order valence-corrected chi connectivity index (χ1v) is 7.42. The highest BCUT2D eigenvalue weighted by Crippen LogP contribution is 2.32. The van der Waals surface area contributed by atoms with Crippen molar-refractivity contribution in [1.29, 1.82) is 0 Å². The summed E-state index contributed by atoms with van der Waals surface area (Å²) in [5.41, 5.74) is 0.934. The largest absolute Gasteiger partial charge is 0.360 e. The van der Waals surface area contributed by atoms with Gasteiger partial charge in [0.25, 0.3) is 5.88 Å². The van der Waals surface area contributed by atoms with Crippen molar-refractivity contribution in [1.82, 2.24) is 9.97 Å². The van der Waals surface area contributed by atoms with Crippen LogP contribution in [0.4, 0.5) is 0 Å². The van der Waals surface area contributed by atoms with Gasteiger partial charge in [0.05, 0.1) is 23.8 Å². The Balaban J connectivity index is 2.07. The van der Waals surface area contributed by atoms with E-state index in [9.17, 15) is 8.42 Å². The van der Waals surface area contributed by atoms with E-state index in [1.165, 1.54) is 26.0 Å². The Morgan fingerprint density at radius 1 is 1.29 bits per heavy atom. The normalized spacial score (nSPS) is 17.2. The zero-order valence-corrected chi connectivity index (χ0v) is 10.6. The number of rotatable bonds is 4. The van der Waals surface area contributed by atoms with Crippen LogP contribution in [0.3, 0.4) is 0 Å². The fraction of sp³-hybridized carbons (Fsp3) is 0.636. The van der Waals surface area contributed by atoms with Crippen molar-refractivity contribution in [2.75, 3.05) is 5.75 Å². The molecule has 0 aromatic carbocycles. The summed E-state index contributed by atoms with van der Waals surface area (Å²) < 4.78 is 27.2. The fourth-order valence-corrected chi connectivity index (χ4v) is 2.45. The minimum Gasteiger partial charge on any atom is -0.360 e. The van der Waals surface area contributed by atoms with Gasteiger partial charge in [-0.2, -0.15) is 8.42 Å². The topological polar surface area (TPSA) is 69.2 Å².